The van der Waals surface area contributed by atoms with E-state index in [0.717, 1.165) is 16.5 Å². The number of amides is 3. The number of nitrogens with zero attached hydrogens (tertiary/aromatic N) is 1. The highest BCUT2D eigenvalue weighted by atomic mass is 79.9. The maximum atomic E-state index is 12.0. The Bertz CT molecular complexity index is 480. The Morgan fingerprint density at radius 2 is 1.90 bits per heavy atom. The third-order valence-corrected chi connectivity index (χ3v) is 3.78. The van der Waals surface area contributed by atoms with Crippen molar-refractivity contribution in [3.8, 4) is 0 Å². The Kier molecular flexibility index (Phi) is 7.82. The zero-order valence-electron chi connectivity index (χ0n) is 12.5. The molecule has 6 heteroatoms. The first-order chi connectivity index (χ1) is 10.1. The molecule has 0 atom stereocenters. The molecule has 116 valence electrons. The van der Waals surface area contributed by atoms with E-state index in [1.165, 1.54) is 4.90 Å². The van der Waals surface area contributed by atoms with Crippen molar-refractivity contribution in [1.29, 1.82) is 0 Å². The van der Waals surface area contributed by atoms with Crippen LogP contribution in [0.2, 0.25) is 0 Å². The Morgan fingerprint density at radius 3 is 2.52 bits per heavy atom. The molecule has 0 spiro atoms. The molecule has 2 N–H and O–H groups in total. The second-order valence-corrected chi connectivity index (χ2v) is 5.40. The van der Waals surface area contributed by atoms with Gasteiger partial charge in [0.05, 0.1) is 0 Å². The quantitative estimate of drug-likeness (QED) is 0.787. The maximum absolute atomic E-state index is 12.0. The fourth-order valence-electron chi connectivity index (χ4n) is 1.87. The highest BCUT2D eigenvalue weighted by Crippen LogP contribution is 2.15. The lowest BCUT2D eigenvalue weighted by molar-refractivity contribution is -0.121. The molecule has 0 saturated carbocycles. The summed E-state index contributed by atoms with van der Waals surface area (Å²) < 4.78 is 1.04. The van der Waals surface area contributed by atoms with E-state index in [9.17, 15) is 9.59 Å². The molecule has 1 aromatic carbocycles. The van der Waals surface area contributed by atoms with Gasteiger partial charge in [-0.25, -0.2) is 4.79 Å². The third kappa shape index (κ3) is 6.16. The van der Waals surface area contributed by atoms with Gasteiger partial charge in [-0.05, 0) is 31.9 Å². The van der Waals surface area contributed by atoms with Crippen LogP contribution in [0.4, 0.5) is 4.79 Å². The van der Waals surface area contributed by atoms with Crippen molar-refractivity contribution in [2.45, 2.75) is 20.3 Å². The number of hydrogen-bond acceptors (Lipinski definition) is 2. The van der Waals surface area contributed by atoms with Crippen molar-refractivity contribution in [2.75, 3.05) is 26.2 Å². The fourth-order valence-corrected chi connectivity index (χ4v) is 2.35. The van der Waals surface area contributed by atoms with E-state index < -0.39 is 0 Å². The van der Waals surface area contributed by atoms with E-state index >= 15 is 0 Å². The van der Waals surface area contributed by atoms with Crippen LogP contribution in [0.25, 0.3) is 0 Å². The van der Waals surface area contributed by atoms with Crippen LogP contribution >= 0.6 is 15.9 Å². The van der Waals surface area contributed by atoms with Crippen molar-refractivity contribution in [2.24, 2.45) is 0 Å². The van der Waals surface area contributed by atoms with Gasteiger partial charge in [-0.15, -0.1) is 0 Å². The van der Waals surface area contributed by atoms with Crippen LogP contribution in [-0.4, -0.2) is 43.0 Å². The predicted octanol–water partition coefficient (Wildman–Crippen LogP) is 2.16. The van der Waals surface area contributed by atoms with Gasteiger partial charge in [0.1, 0.15) is 6.54 Å². The Labute approximate surface area is 134 Å². The van der Waals surface area contributed by atoms with E-state index in [1.807, 2.05) is 38.1 Å². The minimum Gasteiger partial charge on any atom is -0.355 e. The van der Waals surface area contributed by atoms with Crippen LogP contribution in [0.3, 0.4) is 0 Å². The smallest absolute Gasteiger partial charge is 0.317 e. The summed E-state index contributed by atoms with van der Waals surface area (Å²) in [7, 11) is 0. The second kappa shape index (κ2) is 9.39. The first kappa shape index (κ1) is 17.5. The standard InChI is InChI=1S/C15H22BrN3O2/c1-3-17-14(20)11-19(4-2)15(21)18-10-9-12-7-5-6-8-13(12)16/h5-8H,3-4,9-11H2,1-2H3,(H,17,20)(H,18,21). The highest BCUT2D eigenvalue weighted by Gasteiger charge is 2.14. The minimum absolute atomic E-state index is 0.0885. The average molecular weight is 356 g/mol. The number of rotatable bonds is 7. The second-order valence-electron chi connectivity index (χ2n) is 4.54. The van der Waals surface area contributed by atoms with E-state index in [-0.39, 0.29) is 18.5 Å². The number of benzene rings is 1. The summed E-state index contributed by atoms with van der Waals surface area (Å²) in [5, 5.41) is 5.53. The molecule has 0 aromatic heterocycles. The van der Waals surface area contributed by atoms with Crippen LogP contribution in [-0.2, 0) is 11.2 Å². The molecule has 0 fully saturated rings. The van der Waals surface area contributed by atoms with Gasteiger partial charge in [-0.2, -0.15) is 0 Å². The molecular weight excluding hydrogens is 334 g/mol. The Hall–Kier alpha value is -1.56. The molecule has 1 aromatic rings. The number of nitrogens with one attached hydrogen (secondary N) is 2. The Morgan fingerprint density at radius 1 is 1.19 bits per heavy atom. The van der Waals surface area contributed by atoms with Crippen molar-refractivity contribution in [3.63, 3.8) is 0 Å². The van der Waals surface area contributed by atoms with Gasteiger partial charge >= 0.3 is 6.03 Å². The largest absolute Gasteiger partial charge is 0.355 e. The molecule has 0 aliphatic heterocycles. The van der Waals surface area contributed by atoms with Gasteiger partial charge in [0.15, 0.2) is 0 Å². The van der Waals surface area contributed by atoms with E-state index in [2.05, 4.69) is 26.6 Å². The van der Waals surface area contributed by atoms with Crippen LogP contribution in [0.15, 0.2) is 28.7 Å². The maximum Gasteiger partial charge on any atom is 0.317 e. The van der Waals surface area contributed by atoms with Gasteiger partial charge in [0, 0.05) is 24.1 Å². The number of likely N-dealkylation sites (N-methyl/N-ethyl adjacent to an activating group) is 2. The molecule has 1 rings (SSSR count). The third-order valence-electron chi connectivity index (χ3n) is 3.01. The lowest BCUT2D eigenvalue weighted by Gasteiger charge is -2.20. The SMILES string of the molecule is CCNC(=O)CN(CC)C(=O)NCCc1ccccc1Br. The highest BCUT2D eigenvalue weighted by molar-refractivity contribution is 9.10. The van der Waals surface area contributed by atoms with Crippen LogP contribution in [0.5, 0.6) is 0 Å². The summed E-state index contributed by atoms with van der Waals surface area (Å²) in [6.07, 6.45) is 0.742. The summed E-state index contributed by atoms with van der Waals surface area (Å²) in [4.78, 5) is 25.0. The first-order valence-corrected chi connectivity index (χ1v) is 7.90. The van der Waals surface area contributed by atoms with Gasteiger partial charge in [-0.1, -0.05) is 34.1 Å². The molecule has 21 heavy (non-hydrogen) atoms. The zero-order valence-corrected chi connectivity index (χ0v) is 14.1. The zero-order chi connectivity index (χ0) is 15.7. The summed E-state index contributed by atoms with van der Waals surface area (Å²) in [6.45, 7) is 5.40. The molecular formula is C15H22BrN3O2. The molecule has 0 heterocycles. The molecule has 0 aliphatic carbocycles. The summed E-state index contributed by atoms with van der Waals surface area (Å²) >= 11 is 3.48. The van der Waals surface area contributed by atoms with Crippen LogP contribution in [0.1, 0.15) is 19.4 Å². The van der Waals surface area contributed by atoms with Gasteiger partial charge < -0.3 is 15.5 Å². The molecule has 5 nitrogen and oxygen atoms in total. The van der Waals surface area contributed by atoms with Crippen LogP contribution in [0, 0.1) is 0 Å². The molecule has 3 amide bonds. The van der Waals surface area contributed by atoms with E-state index in [4.69, 9.17) is 0 Å². The average Bonchev–Trinajstić information content (AvgIpc) is 2.47. The topological polar surface area (TPSA) is 61.4 Å². The molecule has 0 unspecified atom stereocenters. The number of urea groups is 1. The summed E-state index contributed by atoms with van der Waals surface area (Å²) in [5.74, 6) is -0.139. The van der Waals surface area contributed by atoms with E-state index in [1.54, 1.807) is 0 Å². The predicted molar refractivity (Wildman–Crippen MR) is 87.2 cm³/mol. The van der Waals surface area contributed by atoms with Crippen molar-refractivity contribution in [1.82, 2.24) is 15.5 Å². The first-order valence-electron chi connectivity index (χ1n) is 7.11. The number of hydrogen-bond donors (Lipinski definition) is 2. The summed E-state index contributed by atoms with van der Waals surface area (Å²) in [6, 6.07) is 7.70. The lowest BCUT2D eigenvalue weighted by Crippen LogP contribution is -2.45. The van der Waals surface area contributed by atoms with Crippen LogP contribution < -0.4 is 10.6 Å². The van der Waals surface area contributed by atoms with Gasteiger partial charge in [0.2, 0.25) is 5.91 Å². The fraction of sp³-hybridized carbons (Fsp3) is 0.467. The normalized spacial score (nSPS) is 10.0. The number of halogens is 1. The lowest BCUT2D eigenvalue weighted by atomic mass is 10.1. The summed E-state index contributed by atoms with van der Waals surface area (Å²) in [5.41, 5.74) is 1.14. The Balaban J connectivity index is 2.41. The monoisotopic (exact) mass is 355 g/mol. The molecule has 0 radical (unpaired) electrons. The molecule has 0 saturated heterocycles. The van der Waals surface area contributed by atoms with Crippen molar-refractivity contribution < 1.29 is 9.59 Å². The number of carbonyl (C=O) groups is 2. The minimum atomic E-state index is -0.212. The molecule has 0 bridgehead atoms. The molecule has 0 aliphatic rings. The van der Waals surface area contributed by atoms with Gasteiger partial charge in [-0.3, -0.25) is 4.79 Å². The van der Waals surface area contributed by atoms with Crippen molar-refractivity contribution in [3.05, 3.63) is 34.3 Å². The number of carbonyl (C=O) groups excluding carboxylic acids is 2. The van der Waals surface area contributed by atoms with E-state index in [0.29, 0.717) is 19.6 Å². The van der Waals surface area contributed by atoms with Gasteiger partial charge in [0.25, 0.3) is 0 Å². The van der Waals surface area contributed by atoms with Crippen molar-refractivity contribution >= 4 is 27.9 Å².